The second kappa shape index (κ2) is 11.6. The lowest BCUT2D eigenvalue weighted by Crippen LogP contribution is -2.43. The molecule has 0 unspecified atom stereocenters. The van der Waals surface area contributed by atoms with Crippen LogP contribution in [0.1, 0.15) is 38.8 Å². The highest BCUT2D eigenvalue weighted by atomic mass is 15.0. The summed E-state index contributed by atoms with van der Waals surface area (Å²) in [5, 5.41) is 5.11. The van der Waals surface area contributed by atoms with Crippen LogP contribution in [0.5, 0.6) is 0 Å². The molecule has 10 rings (SSSR count). The normalized spacial score (nSPS) is 14.3. The van der Waals surface area contributed by atoms with Crippen LogP contribution in [-0.4, -0.2) is 19.5 Å². The molecule has 7 aromatic carbocycles. The predicted molar refractivity (Wildman–Crippen MR) is 219 cm³/mol. The first-order chi connectivity index (χ1) is 25.8. The largest absolute Gasteiger partial charge is 0.309 e. The fourth-order valence-electron chi connectivity index (χ4n) is 8.47. The summed E-state index contributed by atoms with van der Waals surface area (Å²) in [5.74, 6) is 1.96. The van der Waals surface area contributed by atoms with E-state index >= 15 is 0 Å². The first-order valence-corrected chi connectivity index (χ1v) is 18.4. The average molecular weight is 683 g/mol. The lowest BCUT2D eigenvalue weighted by molar-refractivity contribution is 0.299. The molecule has 0 radical (unpaired) electrons. The fourth-order valence-corrected chi connectivity index (χ4v) is 8.47. The van der Waals surface area contributed by atoms with Gasteiger partial charge in [-0.15, -0.1) is 0 Å². The molecule has 0 spiro atoms. The monoisotopic (exact) mass is 682 g/mol. The SMILES string of the molecule is CC1(C)c2cc3c4ccccc4n(-c4ccc(-c5nc(-c6ccccc6)nc(-c6ccccc6)n5)cc4)c3cc2-c2c(ccc3ccccc23)C1(C)C. The first kappa shape index (κ1) is 31.4. The van der Waals surface area contributed by atoms with Crippen LogP contribution in [0.2, 0.25) is 0 Å². The molecule has 0 saturated carbocycles. The molecule has 0 fully saturated rings. The Balaban J connectivity index is 1.17. The van der Waals surface area contributed by atoms with Crippen molar-refractivity contribution in [3.05, 3.63) is 169 Å². The van der Waals surface area contributed by atoms with Crippen LogP contribution in [0, 0.1) is 0 Å². The molecule has 1 aliphatic carbocycles. The van der Waals surface area contributed by atoms with Crippen molar-refractivity contribution in [3.63, 3.8) is 0 Å². The zero-order chi connectivity index (χ0) is 35.9. The number of hydrogen-bond donors (Lipinski definition) is 0. The molecular formula is C49H38N4. The zero-order valence-corrected chi connectivity index (χ0v) is 30.3. The highest BCUT2D eigenvalue weighted by molar-refractivity contribution is 6.12. The topological polar surface area (TPSA) is 43.6 Å². The Morgan fingerprint density at radius 2 is 0.943 bits per heavy atom. The highest BCUT2D eigenvalue weighted by Gasteiger charge is 2.46. The minimum absolute atomic E-state index is 0.0724. The van der Waals surface area contributed by atoms with Gasteiger partial charge in [0.15, 0.2) is 17.5 Å². The summed E-state index contributed by atoms with van der Waals surface area (Å²) in [6.45, 7) is 9.66. The Morgan fingerprint density at radius 1 is 0.415 bits per heavy atom. The van der Waals surface area contributed by atoms with E-state index in [-0.39, 0.29) is 10.8 Å². The summed E-state index contributed by atoms with van der Waals surface area (Å²) < 4.78 is 2.42. The van der Waals surface area contributed by atoms with Gasteiger partial charge in [-0.25, -0.2) is 15.0 Å². The minimum atomic E-state index is -0.0986. The summed E-state index contributed by atoms with van der Waals surface area (Å²) in [5.41, 5.74) is 11.6. The number of aromatic nitrogens is 4. The van der Waals surface area contributed by atoms with Crippen molar-refractivity contribution in [1.29, 1.82) is 0 Å². The number of fused-ring (bicyclic) bond motifs is 8. The summed E-state index contributed by atoms with van der Waals surface area (Å²) in [6, 6.07) is 56.2. The van der Waals surface area contributed by atoms with Crippen molar-refractivity contribution < 1.29 is 0 Å². The molecule has 0 aliphatic heterocycles. The van der Waals surface area contributed by atoms with Gasteiger partial charge in [0.25, 0.3) is 0 Å². The third kappa shape index (κ3) is 4.72. The molecule has 0 N–H and O–H groups in total. The van der Waals surface area contributed by atoms with Crippen LogP contribution in [0.3, 0.4) is 0 Å². The second-order valence-electron chi connectivity index (χ2n) is 15.3. The van der Waals surface area contributed by atoms with Gasteiger partial charge in [-0.05, 0) is 86.3 Å². The molecule has 0 amide bonds. The molecule has 2 aromatic heterocycles. The van der Waals surface area contributed by atoms with Gasteiger partial charge in [0, 0.05) is 33.2 Å². The van der Waals surface area contributed by atoms with Gasteiger partial charge in [0.05, 0.1) is 11.0 Å². The molecule has 0 bridgehead atoms. The van der Waals surface area contributed by atoms with Gasteiger partial charge >= 0.3 is 0 Å². The molecule has 4 nitrogen and oxygen atoms in total. The molecule has 254 valence electrons. The van der Waals surface area contributed by atoms with Gasteiger partial charge in [-0.1, -0.05) is 143 Å². The lowest BCUT2D eigenvalue weighted by Gasteiger charge is -2.48. The van der Waals surface area contributed by atoms with E-state index in [0.717, 1.165) is 22.4 Å². The van der Waals surface area contributed by atoms with Gasteiger partial charge in [-0.3, -0.25) is 0 Å². The van der Waals surface area contributed by atoms with E-state index in [1.165, 1.54) is 54.8 Å². The Labute approximate surface area is 309 Å². The van der Waals surface area contributed by atoms with E-state index in [2.05, 4.69) is 129 Å². The van der Waals surface area contributed by atoms with Crippen LogP contribution in [0.15, 0.2) is 158 Å². The average Bonchev–Trinajstić information content (AvgIpc) is 3.53. The van der Waals surface area contributed by atoms with Gasteiger partial charge in [0.1, 0.15) is 0 Å². The van der Waals surface area contributed by atoms with Crippen LogP contribution < -0.4 is 0 Å². The maximum Gasteiger partial charge on any atom is 0.164 e. The zero-order valence-electron chi connectivity index (χ0n) is 30.3. The number of para-hydroxylation sites is 1. The Kier molecular flexibility index (Phi) is 6.84. The van der Waals surface area contributed by atoms with Gasteiger partial charge in [-0.2, -0.15) is 0 Å². The quantitative estimate of drug-likeness (QED) is 0.186. The third-order valence-electron chi connectivity index (χ3n) is 12.0. The van der Waals surface area contributed by atoms with E-state index in [1.807, 2.05) is 60.7 Å². The van der Waals surface area contributed by atoms with E-state index in [0.29, 0.717) is 17.5 Å². The highest BCUT2D eigenvalue weighted by Crippen LogP contribution is 2.56. The van der Waals surface area contributed by atoms with Gasteiger partial charge in [0.2, 0.25) is 0 Å². The van der Waals surface area contributed by atoms with Crippen LogP contribution in [0.25, 0.3) is 83.6 Å². The fraction of sp³-hybridized carbons (Fsp3) is 0.122. The number of rotatable bonds is 4. The maximum atomic E-state index is 4.98. The van der Waals surface area contributed by atoms with Crippen LogP contribution in [0.4, 0.5) is 0 Å². The molecule has 0 saturated heterocycles. The van der Waals surface area contributed by atoms with Gasteiger partial charge < -0.3 is 4.57 Å². The predicted octanol–water partition coefficient (Wildman–Crippen LogP) is 12.4. The molecule has 9 aromatic rings. The number of benzene rings is 7. The third-order valence-corrected chi connectivity index (χ3v) is 12.0. The number of hydrogen-bond acceptors (Lipinski definition) is 3. The molecule has 0 atom stereocenters. The Bertz CT molecular complexity index is 2810. The van der Waals surface area contributed by atoms with E-state index in [4.69, 9.17) is 15.0 Å². The molecule has 1 aliphatic rings. The molecule has 2 heterocycles. The van der Waals surface area contributed by atoms with E-state index in [9.17, 15) is 0 Å². The molecular weight excluding hydrogens is 645 g/mol. The van der Waals surface area contributed by atoms with Crippen LogP contribution >= 0.6 is 0 Å². The van der Waals surface area contributed by atoms with E-state index < -0.39 is 0 Å². The van der Waals surface area contributed by atoms with Crippen LogP contribution in [-0.2, 0) is 10.8 Å². The van der Waals surface area contributed by atoms with Crippen molar-refractivity contribution in [2.24, 2.45) is 0 Å². The summed E-state index contributed by atoms with van der Waals surface area (Å²) in [4.78, 5) is 14.9. The molecule has 53 heavy (non-hydrogen) atoms. The standard InChI is InChI=1S/C49H38N4/c1-48(2)40-28-25-31-15-11-12-20-36(31)44(40)39-30-43-38(29-41(39)49(48,3)4)37-21-13-14-22-42(37)53(43)35-26-23-34(24-27-35)47-51-45(32-16-7-5-8-17-32)50-46(52-47)33-18-9-6-10-19-33/h5-30H,1-4H3. The van der Waals surface area contributed by atoms with Crippen molar-refractivity contribution in [1.82, 2.24) is 19.5 Å². The van der Waals surface area contributed by atoms with E-state index in [1.54, 1.807) is 0 Å². The Hall–Kier alpha value is -6.39. The summed E-state index contributed by atoms with van der Waals surface area (Å²) in [6.07, 6.45) is 0. The summed E-state index contributed by atoms with van der Waals surface area (Å²) in [7, 11) is 0. The maximum absolute atomic E-state index is 4.98. The van der Waals surface area contributed by atoms with Crippen molar-refractivity contribution in [2.75, 3.05) is 0 Å². The van der Waals surface area contributed by atoms with Crippen molar-refractivity contribution >= 4 is 32.6 Å². The minimum Gasteiger partial charge on any atom is -0.309 e. The first-order valence-electron chi connectivity index (χ1n) is 18.4. The lowest BCUT2D eigenvalue weighted by atomic mass is 9.55. The molecule has 4 heteroatoms. The van der Waals surface area contributed by atoms with Crippen molar-refractivity contribution in [2.45, 2.75) is 38.5 Å². The Morgan fingerprint density at radius 3 is 1.58 bits per heavy atom. The number of nitrogens with zero attached hydrogens (tertiary/aromatic N) is 4. The second-order valence-corrected chi connectivity index (χ2v) is 15.3. The van der Waals surface area contributed by atoms with Crippen molar-refractivity contribution in [3.8, 4) is 51.0 Å². The smallest absolute Gasteiger partial charge is 0.164 e. The summed E-state index contributed by atoms with van der Waals surface area (Å²) >= 11 is 0.